The lowest BCUT2D eigenvalue weighted by Gasteiger charge is -2.33. The SMILES string of the molecule is CCOC(=O)C1=C(COCCN(C)c2nc(N)c3cc(OC)c(OC)cc3n2)N=C(C)C(C(=O)OC)C1c1ccccc1C(F)(F)F. The van der Waals surface area contributed by atoms with Gasteiger partial charge in [0.15, 0.2) is 11.5 Å². The number of anilines is 2. The lowest BCUT2D eigenvalue weighted by Crippen LogP contribution is -2.38. The second-order valence-electron chi connectivity index (χ2n) is 10.5. The number of alkyl halides is 3. The van der Waals surface area contributed by atoms with Crippen LogP contribution in [0.2, 0.25) is 0 Å². The molecule has 1 aromatic heterocycles. The summed E-state index contributed by atoms with van der Waals surface area (Å²) in [5.41, 5.74) is 5.44. The predicted molar refractivity (Wildman–Crippen MR) is 168 cm³/mol. The number of rotatable bonds is 12. The number of aliphatic imine (C=N–C) groups is 1. The summed E-state index contributed by atoms with van der Waals surface area (Å²) in [4.78, 5) is 41.4. The number of carbonyl (C=O) groups excluding carboxylic acids is 2. The molecule has 0 spiro atoms. The highest BCUT2D eigenvalue weighted by Gasteiger charge is 2.46. The maximum Gasteiger partial charge on any atom is 0.416 e. The van der Waals surface area contributed by atoms with Crippen molar-refractivity contribution in [2.45, 2.75) is 25.9 Å². The number of nitrogen functional groups attached to an aromatic ring is 1. The zero-order valence-electron chi connectivity index (χ0n) is 26.8. The second kappa shape index (κ2) is 14.7. The van der Waals surface area contributed by atoms with E-state index < -0.39 is 35.5 Å². The van der Waals surface area contributed by atoms with E-state index in [1.807, 2.05) is 0 Å². The molecule has 0 amide bonds. The molecule has 0 saturated heterocycles. The molecule has 12 nitrogen and oxygen atoms in total. The fraction of sp³-hybridized carbons (Fsp3) is 0.406. The van der Waals surface area contributed by atoms with Crippen molar-refractivity contribution in [3.63, 3.8) is 0 Å². The van der Waals surface area contributed by atoms with Crippen LogP contribution in [0.3, 0.4) is 0 Å². The second-order valence-corrected chi connectivity index (χ2v) is 10.5. The zero-order chi connectivity index (χ0) is 34.5. The predicted octanol–water partition coefficient (Wildman–Crippen LogP) is 4.57. The summed E-state index contributed by atoms with van der Waals surface area (Å²) in [5, 5.41) is 0.576. The van der Waals surface area contributed by atoms with Gasteiger partial charge in [0, 0.05) is 36.7 Å². The lowest BCUT2D eigenvalue weighted by atomic mass is 9.74. The Labute approximate surface area is 269 Å². The number of ether oxygens (including phenoxy) is 5. The van der Waals surface area contributed by atoms with Crippen LogP contribution in [0.15, 0.2) is 52.7 Å². The smallest absolute Gasteiger partial charge is 0.416 e. The van der Waals surface area contributed by atoms with Gasteiger partial charge >= 0.3 is 18.1 Å². The average Bonchev–Trinajstić information content (AvgIpc) is 3.04. The van der Waals surface area contributed by atoms with Crippen molar-refractivity contribution < 1.29 is 46.4 Å². The van der Waals surface area contributed by atoms with Crippen LogP contribution < -0.4 is 20.1 Å². The van der Waals surface area contributed by atoms with Gasteiger partial charge in [0.1, 0.15) is 11.7 Å². The van der Waals surface area contributed by atoms with Gasteiger partial charge in [0.2, 0.25) is 5.95 Å². The molecule has 2 N–H and O–H groups in total. The first-order valence-electron chi connectivity index (χ1n) is 14.5. The molecule has 1 aliphatic rings. The van der Waals surface area contributed by atoms with E-state index in [-0.39, 0.29) is 54.7 Å². The van der Waals surface area contributed by atoms with Crippen LogP contribution in [0.25, 0.3) is 10.9 Å². The molecule has 0 saturated carbocycles. The van der Waals surface area contributed by atoms with Crippen molar-refractivity contribution in [2.75, 3.05) is 65.4 Å². The first-order valence-corrected chi connectivity index (χ1v) is 14.5. The third-order valence-electron chi connectivity index (χ3n) is 7.64. The van der Waals surface area contributed by atoms with Gasteiger partial charge < -0.3 is 34.3 Å². The maximum atomic E-state index is 14.2. The van der Waals surface area contributed by atoms with Gasteiger partial charge in [0.25, 0.3) is 0 Å². The average molecular weight is 660 g/mol. The van der Waals surface area contributed by atoms with Gasteiger partial charge in [-0.1, -0.05) is 18.2 Å². The molecule has 1 aliphatic heterocycles. The largest absolute Gasteiger partial charge is 0.493 e. The van der Waals surface area contributed by atoms with Gasteiger partial charge in [0.05, 0.1) is 63.5 Å². The van der Waals surface area contributed by atoms with Crippen molar-refractivity contribution >= 4 is 40.3 Å². The number of carbonyl (C=O) groups is 2. The molecular weight excluding hydrogens is 623 g/mol. The van der Waals surface area contributed by atoms with Crippen molar-refractivity contribution in [1.29, 1.82) is 0 Å². The Hall–Kier alpha value is -4.92. The van der Waals surface area contributed by atoms with Crippen LogP contribution in [-0.2, 0) is 30.0 Å². The Kier molecular flexibility index (Phi) is 10.9. The van der Waals surface area contributed by atoms with E-state index in [2.05, 4.69) is 15.0 Å². The summed E-state index contributed by atoms with van der Waals surface area (Å²) in [6, 6.07) is 8.13. The standard InChI is InChI=1S/C32H36F3N5O7/c1-7-47-30(42)27-22(37-17(2)25(29(41)45-6)26(27)18-10-8-9-11-20(18)32(33,34)35)16-46-13-12-40(3)31-38-21-15-24(44-5)23(43-4)14-19(21)28(36)39-31/h8-11,14-15,25-26H,7,12-13,16H2,1-6H3,(H2,36,38,39). The molecule has 2 heterocycles. The summed E-state index contributed by atoms with van der Waals surface area (Å²) < 4.78 is 69.4. The minimum absolute atomic E-state index is 0.0398. The lowest BCUT2D eigenvalue weighted by molar-refractivity contribution is -0.145. The van der Waals surface area contributed by atoms with E-state index in [9.17, 15) is 22.8 Å². The Morgan fingerprint density at radius 1 is 1.04 bits per heavy atom. The Bertz CT molecular complexity index is 1710. The highest BCUT2D eigenvalue weighted by Crippen LogP contribution is 2.45. The van der Waals surface area contributed by atoms with Crippen LogP contribution in [0.4, 0.5) is 24.9 Å². The summed E-state index contributed by atoms with van der Waals surface area (Å²) in [7, 11) is 5.85. The molecular formula is C32H36F3N5O7. The number of hydrogen-bond acceptors (Lipinski definition) is 12. The van der Waals surface area contributed by atoms with Crippen LogP contribution in [0.1, 0.15) is 30.9 Å². The number of nitrogens with two attached hydrogens (primary N) is 1. The van der Waals surface area contributed by atoms with E-state index in [1.165, 1.54) is 39.3 Å². The molecule has 0 bridgehead atoms. The van der Waals surface area contributed by atoms with Gasteiger partial charge in [-0.2, -0.15) is 18.2 Å². The Morgan fingerprint density at radius 3 is 2.36 bits per heavy atom. The molecule has 2 aromatic carbocycles. The number of benzene rings is 2. The third kappa shape index (κ3) is 7.40. The van der Waals surface area contributed by atoms with Crippen molar-refractivity contribution in [2.24, 2.45) is 10.9 Å². The molecule has 47 heavy (non-hydrogen) atoms. The van der Waals surface area contributed by atoms with Gasteiger partial charge in [-0.15, -0.1) is 0 Å². The van der Waals surface area contributed by atoms with Crippen molar-refractivity contribution in [3.05, 3.63) is 58.8 Å². The number of nitrogens with zero attached hydrogens (tertiary/aromatic N) is 4. The first-order chi connectivity index (χ1) is 22.4. The molecule has 0 aliphatic carbocycles. The number of hydrogen-bond donors (Lipinski definition) is 1. The Morgan fingerprint density at radius 2 is 1.72 bits per heavy atom. The van der Waals surface area contributed by atoms with Crippen molar-refractivity contribution in [1.82, 2.24) is 9.97 Å². The normalized spacial score (nSPS) is 16.5. The maximum absolute atomic E-state index is 14.2. The molecule has 3 aromatic rings. The summed E-state index contributed by atoms with van der Waals surface area (Å²) in [6.07, 6.45) is -4.77. The molecule has 2 unspecified atom stereocenters. The molecule has 2 atom stereocenters. The van der Waals surface area contributed by atoms with E-state index >= 15 is 0 Å². The van der Waals surface area contributed by atoms with E-state index in [1.54, 1.807) is 31.0 Å². The monoisotopic (exact) mass is 659 g/mol. The minimum atomic E-state index is -4.77. The van der Waals surface area contributed by atoms with E-state index in [0.29, 0.717) is 28.4 Å². The van der Waals surface area contributed by atoms with Crippen LogP contribution in [-0.4, -0.2) is 82.4 Å². The molecule has 0 fully saturated rings. The third-order valence-corrected chi connectivity index (χ3v) is 7.64. The van der Waals surface area contributed by atoms with Gasteiger partial charge in [-0.3, -0.25) is 9.79 Å². The summed E-state index contributed by atoms with van der Waals surface area (Å²) in [6.45, 7) is 3.05. The van der Waals surface area contributed by atoms with Gasteiger partial charge in [-0.05, 0) is 31.5 Å². The summed E-state index contributed by atoms with van der Waals surface area (Å²) in [5.74, 6) is -3.01. The van der Waals surface area contributed by atoms with E-state index in [4.69, 9.17) is 29.4 Å². The molecule has 252 valence electrons. The first kappa shape index (κ1) is 34.9. The quantitative estimate of drug-likeness (QED) is 0.215. The number of methoxy groups -OCH3 is 3. The van der Waals surface area contributed by atoms with Crippen molar-refractivity contribution in [3.8, 4) is 11.5 Å². The fourth-order valence-electron chi connectivity index (χ4n) is 5.40. The van der Waals surface area contributed by atoms with Crippen LogP contribution >= 0.6 is 0 Å². The molecule has 0 radical (unpaired) electrons. The van der Waals surface area contributed by atoms with E-state index in [0.717, 1.165) is 13.2 Å². The van der Waals surface area contributed by atoms with Crippen LogP contribution in [0, 0.1) is 5.92 Å². The fourth-order valence-corrected chi connectivity index (χ4v) is 5.40. The Balaban J connectivity index is 1.64. The number of fused-ring (bicyclic) bond motifs is 1. The van der Waals surface area contributed by atoms with Gasteiger partial charge in [-0.25, -0.2) is 9.78 Å². The van der Waals surface area contributed by atoms with Crippen LogP contribution in [0.5, 0.6) is 11.5 Å². The number of likely N-dealkylation sites (N-methyl/N-ethyl adjacent to an activating group) is 1. The summed E-state index contributed by atoms with van der Waals surface area (Å²) >= 11 is 0. The highest BCUT2D eigenvalue weighted by molar-refractivity contribution is 6.07. The topological polar surface area (TPSA) is 148 Å². The molecule has 4 rings (SSSR count). The minimum Gasteiger partial charge on any atom is -0.493 e. The number of halogens is 3. The number of esters is 2. The zero-order valence-corrected chi connectivity index (χ0v) is 26.8. The molecule has 15 heteroatoms. The highest BCUT2D eigenvalue weighted by atomic mass is 19.4. The number of aromatic nitrogens is 2.